The Hall–Kier alpha value is -2.73. The zero-order valence-electron chi connectivity index (χ0n) is 15.9. The number of fused-ring (bicyclic) bond motifs is 2. The van der Waals surface area contributed by atoms with Crippen molar-refractivity contribution in [3.63, 3.8) is 0 Å². The van der Waals surface area contributed by atoms with Crippen LogP contribution >= 0.6 is 0 Å². The van der Waals surface area contributed by atoms with Crippen molar-refractivity contribution in [2.75, 3.05) is 25.8 Å². The first kappa shape index (κ1) is 17.7. The van der Waals surface area contributed by atoms with Crippen molar-refractivity contribution < 1.29 is 24.1 Å². The third kappa shape index (κ3) is 2.90. The number of carbonyl (C=O) groups excluding carboxylic acids is 1. The van der Waals surface area contributed by atoms with Crippen LogP contribution in [0, 0.1) is 5.92 Å². The lowest BCUT2D eigenvalue weighted by molar-refractivity contribution is -0.181. The Morgan fingerprint density at radius 3 is 2.33 bits per heavy atom. The maximum Gasteiger partial charge on any atom is 0.231 e. The Kier molecular flexibility index (Phi) is 4.03. The lowest BCUT2D eigenvalue weighted by atomic mass is 9.72. The van der Waals surface area contributed by atoms with Gasteiger partial charge in [-0.05, 0) is 30.7 Å². The van der Waals surface area contributed by atoms with Gasteiger partial charge in [-0.2, -0.15) is 0 Å². The van der Waals surface area contributed by atoms with E-state index in [1.807, 2.05) is 49.3 Å². The molecular weight excluding hydrogens is 346 g/mol. The zero-order chi connectivity index (χ0) is 19.3. The fourth-order valence-electron chi connectivity index (χ4n) is 4.01. The molecule has 0 spiro atoms. The molecule has 0 fully saturated rings. The molecule has 3 atom stereocenters. The molecule has 2 aromatic carbocycles. The summed E-state index contributed by atoms with van der Waals surface area (Å²) in [6.07, 6.45) is 0. The van der Waals surface area contributed by atoms with Gasteiger partial charge in [0.1, 0.15) is 11.5 Å². The molecule has 2 heterocycles. The zero-order valence-corrected chi connectivity index (χ0v) is 15.9. The second-order valence-electron chi connectivity index (χ2n) is 7.45. The second-order valence-corrected chi connectivity index (χ2v) is 7.45. The van der Waals surface area contributed by atoms with Gasteiger partial charge in [0.25, 0.3) is 0 Å². The summed E-state index contributed by atoms with van der Waals surface area (Å²) in [5, 5.41) is 11.0. The van der Waals surface area contributed by atoms with Gasteiger partial charge in [-0.1, -0.05) is 12.1 Å². The number of anilines is 1. The molecule has 0 aliphatic carbocycles. The molecule has 1 N–H and O–H groups in total. The fourth-order valence-corrected chi connectivity index (χ4v) is 4.01. The van der Waals surface area contributed by atoms with Crippen LogP contribution in [0.1, 0.15) is 30.9 Å². The Labute approximate surface area is 158 Å². The summed E-state index contributed by atoms with van der Waals surface area (Å²) in [5.74, 6) is -1.16. The number of ether oxygens (including phenoxy) is 3. The van der Waals surface area contributed by atoms with Crippen LogP contribution in [-0.4, -0.2) is 37.6 Å². The van der Waals surface area contributed by atoms with Gasteiger partial charge >= 0.3 is 0 Å². The van der Waals surface area contributed by atoms with E-state index in [1.54, 1.807) is 6.07 Å². The average molecular weight is 369 g/mol. The Balaban J connectivity index is 1.89. The molecule has 142 valence electrons. The van der Waals surface area contributed by atoms with E-state index in [0.717, 1.165) is 16.8 Å². The second kappa shape index (κ2) is 6.16. The maximum atomic E-state index is 12.5. The van der Waals surface area contributed by atoms with Gasteiger partial charge in [-0.25, -0.2) is 0 Å². The maximum absolute atomic E-state index is 12.5. The number of carbonyl (C=O) groups is 1. The van der Waals surface area contributed by atoms with Gasteiger partial charge in [0.2, 0.25) is 12.6 Å². The van der Waals surface area contributed by atoms with E-state index in [1.165, 1.54) is 13.8 Å². The highest BCUT2D eigenvalue weighted by Gasteiger charge is 2.49. The average Bonchev–Trinajstić information content (AvgIpc) is 3.05. The van der Waals surface area contributed by atoms with Crippen molar-refractivity contribution in [2.24, 2.45) is 5.92 Å². The topological polar surface area (TPSA) is 68.2 Å². The Morgan fingerprint density at radius 2 is 1.74 bits per heavy atom. The first-order valence-corrected chi connectivity index (χ1v) is 8.90. The van der Waals surface area contributed by atoms with Crippen molar-refractivity contribution in [1.82, 2.24) is 0 Å². The first-order valence-electron chi connectivity index (χ1n) is 8.90. The van der Waals surface area contributed by atoms with Gasteiger partial charge in [-0.15, -0.1) is 0 Å². The number of Topliss-reactive ketones (excluding diaryl/α,β-unsaturated/α-hetero) is 1. The summed E-state index contributed by atoms with van der Waals surface area (Å²) < 4.78 is 16.8. The number of hydrogen-bond donors (Lipinski definition) is 1. The lowest BCUT2D eigenvalue weighted by Gasteiger charge is -2.42. The quantitative estimate of drug-likeness (QED) is 0.897. The highest BCUT2D eigenvalue weighted by molar-refractivity contribution is 5.82. The van der Waals surface area contributed by atoms with Crippen LogP contribution in [0.25, 0.3) is 0 Å². The lowest BCUT2D eigenvalue weighted by Crippen LogP contribution is -2.50. The Bertz CT molecular complexity index is 888. The number of rotatable bonds is 3. The normalized spacial score (nSPS) is 25.5. The van der Waals surface area contributed by atoms with Crippen molar-refractivity contribution in [1.29, 1.82) is 0 Å². The minimum atomic E-state index is -1.63. The van der Waals surface area contributed by atoms with Gasteiger partial charge < -0.3 is 24.2 Å². The molecule has 0 bridgehead atoms. The molecule has 0 aromatic heterocycles. The van der Waals surface area contributed by atoms with Crippen LogP contribution in [-0.2, 0) is 4.79 Å². The minimum absolute atomic E-state index is 0.134. The standard InChI is InChI=1S/C21H23NO5/c1-12(23)20-19(13-5-7-14(8-6-13)22(3)4)15-9-17-18(26-11-25-17)10-16(15)27-21(20,2)24/h5-10,19-20,24H,11H2,1-4H3/t19-,20-,21+/m0/s1. The van der Waals surface area contributed by atoms with E-state index in [9.17, 15) is 9.90 Å². The molecule has 4 rings (SSSR count). The van der Waals surface area contributed by atoms with Crippen LogP contribution in [0.2, 0.25) is 0 Å². The van der Waals surface area contributed by atoms with Crippen LogP contribution in [0.3, 0.4) is 0 Å². The smallest absolute Gasteiger partial charge is 0.231 e. The fraction of sp³-hybridized carbons (Fsp3) is 0.381. The number of benzene rings is 2. The van der Waals surface area contributed by atoms with E-state index < -0.39 is 11.7 Å². The van der Waals surface area contributed by atoms with E-state index in [0.29, 0.717) is 17.2 Å². The summed E-state index contributed by atoms with van der Waals surface area (Å²) in [6.45, 7) is 3.17. The third-order valence-electron chi connectivity index (χ3n) is 5.27. The third-order valence-corrected chi connectivity index (χ3v) is 5.27. The molecule has 2 aliphatic heterocycles. The van der Waals surface area contributed by atoms with E-state index >= 15 is 0 Å². The van der Waals surface area contributed by atoms with Crippen LogP contribution < -0.4 is 19.1 Å². The van der Waals surface area contributed by atoms with E-state index in [4.69, 9.17) is 14.2 Å². The molecule has 0 unspecified atom stereocenters. The molecule has 0 saturated heterocycles. The van der Waals surface area contributed by atoms with E-state index in [2.05, 4.69) is 0 Å². The molecule has 2 aromatic rings. The largest absolute Gasteiger partial charge is 0.462 e. The van der Waals surface area contributed by atoms with Gasteiger partial charge in [0.15, 0.2) is 11.5 Å². The monoisotopic (exact) mass is 369 g/mol. The van der Waals surface area contributed by atoms with Crippen LogP contribution in [0.4, 0.5) is 5.69 Å². The van der Waals surface area contributed by atoms with Crippen LogP contribution in [0.5, 0.6) is 17.2 Å². The molecular formula is C21H23NO5. The molecule has 0 radical (unpaired) electrons. The van der Waals surface area contributed by atoms with Crippen molar-refractivity contribution in [3.05, 3.63) is 47.5 Å². The number of ketones is 1. The highest BCUT2D eigenvalue weighted by atomic mass is 16.7. The molecule has 6 nitrogen and oxygen atoms in total. The summed E-state index contributed by atoms with van der Waals surface area (Å²) >= 11 is 0. The SMILES string of the molecule is CC(=O)[C@H]1[C@@H](c2ccc(N(C)C)cc2)c2cc3c(cc2O[C@@]1(C)O)OCO3. The van der Waals surface area contributed by atoms with Crippen molar-refractivity contribution in [2.45, 2.75) is 25.6 Å². The predicted molar refractivity (Wildman–Crippen MR) is 101 cm³/mol. The van der Waals surface area contributed by atoms with Crippen LogP contribution in [0.15, 0.2) is 36.4 Å². The molecule has 27 heavy (non-hydrogen) atoms. The summed E-state index contributed by atoms with van der Waals surface area (Å²) in [7, 11) is 3.95. The number of nitrogens with zero attached hydrogens (tertiary/aromatic N) is 1. The highest BCUT2D eigenvalue weighted by Crippen LogP contribution is 2.51. The Morgan fingerprint density at radius 1 is 1.11 bits per heavy atom. The minimum Gasteiger partial charge on any atom is -0.462 e. The predicted octanol–water partition coefficient (Wildman–Crippen LogP) is 2.92. The summed E-state index contributed by atoms with van der Waals surface area (Å²) in [6, 6.07) is 11.6. The van der Waals surface area contributed by atoms with Gasteiger partial charge in [-0.3, -0.25) is 4.79 Å². The molecule has 0 amide bonds. The van der Waals surface area contributed by atoms with E-state index in [-0.39, 0.29) is 18.5 Å². The van der Waals surface area contributed by atoms with Crippen molar-refractivity contribution in [3.8, 4) is 17.2 Å². The van der Waals surface area contributed by atoms with Gasteiger partial charge in [0, 0.05) is 44.3 Å². The molecule has 6 heteroatoms. The summed E-state index contributed by atoms with van der Waals surface area (Å²) in [4.78, 5) is 14.5. The number of aliphatic hydroxyl groups is 1. The molecule has 2 aliphatic rings. The number of hydrogen-bond acceptors (Lipinski definition) is 6. The molecule has 0 saturated carbocycles. The first-order chi connectivity index (χ1) is 12.8. The van der Waals surface area contributed by atoms with Crippen molar-refractivity contribution >= 4 is 11.5 Å². The summed E-state index contributed by atoms with van der Waals surface area (Å²) in [5.41, 5.74) is 2.80. The van der Waals surface area contributed by atoms with Gasteiger partial charge in [0.05, 0.1) is 5.92 Å².